The van der Waals surface area contributed by atoms with E-state index in [9.17, 15) is 14.4 Å². The van der Waals surface area contributed by atoms with Crippen molar-refractivity contribution in [3.05, 3.63) is 83.2 Å². The first kappa shape index (κ1) is 29.7. The van der Waals surface area contributed by atoms with E-state index < -0.39 is 11.9 Å². The minimum atomic E-state index is -0.523. The molecule has 0 spiro atoms. The average Bonchev–Trinajstić information content (AvgIpc) is 3.40. The van der Waals surface area contributed by atoms with Crippen LogP contribution in [0.25, 0.3) is 27.8 Å². The smallest absolute Gasteiger partial charge is 0.338 e. The summed E-state index contributed by atoms with van der Waals surface area (Å²) in [5, 5.41) is 5.82. The number of methoxy groups -OCH3 is 2. The summed E-state index contributed by atoms with van der Waals surface area (Å²) in [6, 6.07) is 19.5. The van der Waals surface area contributed by atoms with Crippen molar-refractivity contribution in [1.82, 2.24) is 14.6 Å². The lowest BCUT2D eigenvalue weighted by atomic mass is 9.90. The predicted molar refractivity (Wildman–Crippen MR) is 165 cm³/mol. The Balaban J connectivity index is 1.70. The van der Waals surface area contributed by atoms with Crippen LogP contribution < -0.4 is 0 Å². The fraction of sp³-hybridized carbons (Fsp3) is 0.324. The van der Waals surface area contributed by atoms with Crippen LogP contribution in [0.2, 0.25) is 0 Å². The molecule has 0 radical (unpaired) electrons. The number of rotatable bonds is 9. The van der Waals surface area contributed by atoms with Crippen molar-refractivity contribution in [2.45, 2.75) is 46.5 Å². The molecule has 9 nitrogen and oxygen atoms in total. The van der Waals surface area contributed by atoms with Crippen molar-refractivity contribution in [3.8, 4) is 16.8 Å². The van der Waals surface area contributed by atoms with Crippen LogP contribution in [0.4, 0.5) is 0 Å². The van der Waals surface area contributed by atoms with Crippen LogP contribution in [0.15, 0.2) is 65.8 Å². The average molecular weight is 581 g/mol. The Hall–Kier alpha value is -4.79. The minimum Gasteiger partial charge on any atom is -0.468 e. The third-order valence-corrected chi connectivity index (χ3v) is 7.92. The number of carbonyl (C=O) groups excluding carboxylic acids is 3. The lowest BCUT2D eigenvalue weighted by molar-refractivity contribution is -0.147. The molecule has 0 saturated heterocycles. The number of hydrogen-bond acceptors (Lipinski definition) is 7. The highest BCUT2D eigenvalue weighted by molar-refractivity contribution is 6.09. The van der Waals surface area contributed by atoms with Crippen LogP contribution in [-0.4, -0.2) is 58.9 Å². The molecule has 43 heavy (non-hydrogen) atoms. The number of unbranched alkanes of at least 4 members (excludes halogenated alkanes) is 1. The molecule has 1 atom stereocenters. The van der Waals surface area contributed by atoms with Gasteiger partial charge in [0.2, 0.25) is 5.91 Å². The summed E-state index contributed by atoms with van der Waals surface area (Å²) in [4.78, 5) is 42.4. The summed E-state index contributed by atoms with van der Waals surface area (Å²) in [6.45, 7) is 5.91. The first-order valence-electron chi connectivity index (χ1n) is 14.5. The fourth-order valence-corrected chi connectivity index (χ4v) is 5.65. The van der Waals surface area contributed by atoms with E-state index in [1.54, 1.807) is 6.07 Å². The Kier molecular flexibility index (Phi) is 8.71. The largest absolute Gasteiger partial charge is 0.468 e. The van der Waals surface area contributed by atoms with Gasteiger partial charge in [-0.1, -0.05) is 62.7 Å². The summed E-state index contributed by atoms with van der Waals surface area (Å²) in [6.07, 6.45) is 2.99. The zero-order chi connectivity index (χ0) is 30.7. The number of carbonyl (C=O) groups is 3. The van der Waals surface area contributed by atoms with E-state index in [4.69, 9.17) is 14.5 Å². The molecule has 5 rings (SSSR count). The van der Waals surface area contributed by atoms with E-state index in [0.29, 0.717) is 5.56 Å². The van der Waals surface area contributed by atoms with E-state index in [1.807, 2.05) is 68.4 Å². The van der Waals surface area contributed by atoms with E-state index in [1.165, 1.54) is 19.2 Å². The van der Waals surface area contributed by atoms with Gasteiger partial charge in [0, 0.05) is 29.9 Å². The lowest BCUT2D eigenvalue weighted by Crippen LogP contribution is -2.39. The Morgan fingerprint density at radius 3 is 2.40 bits per heavy atom. The Bertz CT molecular complexity index is 1740. The lowest BCUT2D eigenvalue weighted by Gasteiger charge is -2.27. The highest BCUT2D eigenvalue weighted by Gasteiger charge is 2.30. The minimum absolute atomic E-state index is 0.130. The van der Waals surface area contributed by atoms with Crippen molar-refractivity contribution in [1.29, 1.82) is 0 Å². The Morgan fingerprint density at radius 1 is 0.953 bits per heavy atom. The van der Waals surface area contributed by atoms with Crippen LogP contribution in [0.5, 0.6) is 0 Å². The number of hydrazone groups is 1. The molecule has 1 aliphatic rings. The monoisotopic (exact) mass is 580 g/mol. The van der Waals surface area contributed by atoms with Gasteiger partial charge in [-0.2, -0.15) is 5.10 Å². The number of imidazole rings is 1. The van der Waals surface area contributed by atoms with Gasteiger partial charge >= 0.3 is 11.9 Å². The van der Waals surface area contributed by atoms with Gasteiger partial charge in [-0.15, -0.1) is 0 Å². The molecule has 0 bridgehead atoms. The van der Waals surface area contributed by atoms with Gasteiger partial charge in [-0.25, -0.2) is 14.8 Å². The quantitative estimate of drug-likeness (QED) is 0.229. The van der Waals surface area contributed by atoms with Gasteiger partial charge in [0.15, 0.2) is 0 Å². The number of aromatic nitrogens is 2. The van der Waals surface area contributed by atoms with E-state index in [2.05, 4.69) is 16.6 Å². The number of benzene rings is 3. The number of esters is 2. The Labute approximate surface area is 251 Å². The molecular formula is C34H36N4O5. The van der Waals surface area contributed by atoms with Crippen LogP contribution in [0, 0.1) is 12.8 Å². The van der Waals surface area contributed by atoms with Crippen molar-refractivity contribution in [2.75, 3.05) is 20.8 Å². The first-order chi connectivity index (χ1) is 20.8. The van der Waals surface area contributed by atoms with Crippen LogP contribution in [0.1, 0.15) is 60.4 Å². The number of hydrogen-bond donors (Lipinski definition) is 0. The number of para-hydroxylation sites is 1. The van der Waals surface area contributed by atoms with Gasteiger partial charge in [0.25, 0.3) is 0 Å². The van der Waals surface area contributed by atoms with Crippen LogP contribution >= 0.6 is 0 Å². The Morgan fingerprint density at radius 2 is 1.67 bits per heavy atom. The molecule has 4 aromatic rings. The molecule has 2 heterocycles. The van der Waals surface area contributed by atoms with Crippen LogP contribution in [0.3, 0.4) is 0 Å². The molecule has 0 N–H and O–H groups in total. The zero-order valence-corrected chi connectivity index (χ0v) is 25.2. The maximum atomic E-state index is 12.7. The third kappa shape index (κ3) is 5.67. The number of ether oxygens (including phenoxy) is 2. The molecule has 3 aromatic carbocycles. The van der Waals surface area contributed by atoms with Gasteiger partial charge in [-0.3, -0.25) is 14.2 Å². The van der Waals surface area contributed by atoms with Gasteiger partial charge in [0.1, 0.15) is 12.4 Å². The molecule has 9 heteroatoms. The number of amides is 1. The zero-order valence-electron chi connectivity index (χ0n) is 25.2. The van der Waals surface area contributed by atoms with Gasteiger partial charge < -0.3 is 9.47 Å². The summed E-state index contributed by atoms with van der Waals surface area (Å²) in [5.74, 6) is -0.342. The molecular weight excluding hydrogens is 544 g/mol. The van der Waals surface area contributed by atoms with E-state index in [-0.39, 0.29) is 24.8 Å². The van der Waals surface area contributed by atoms with Crippen molar-refractivity contribution >= 4 is 34.6 Å². The van der Waals surface area contributed by atoms with Crippen molar-refractivity contribution in [3.63, 3.8) is 0 Å². The molecule has 1 unspecified atom stereocenters. The van der Waals surface area contributed by atoms with Crippen molar-refractivity contribution in [2.24, 2.45) is 11.0 Å². The SMILES string of the molecule is CCCCc1nc2c(C)c(C3=NN(CC(=O)OC)C(=O)CC3C)ccc2n1-c1ccccc1-c1ccccc1C(=O)OC. The molecule has 0 fully saturated rings. The molecule has 1 aromatic heterocycles. The second-order valence-electron chi connectivity index (χ2n) is 10.7. The summed E-state index contributed by atoms with van der Waals surface area (Å²) >= 11 is 0. The highest BCUT2D eigenvalue weighted by Crippen LogP contribution is 2.35. The molecule has 1 aliphatic heterocycles. The topological polar surface area (TPSA) is 103 Å². The molecule has 1 amide bonds. The molecule has 0 aliphatic carbocycles. The number of fused-ring (bicyclic) bond motifs is 1. The maximum Gasteiger partial charge on any atom is 0.338 e. The summed E-state index contributed by atoms with van der Waals surface area (Å²) < 4.78 is 12.0. The van der Waals surface area contributed by atoms with Gasteiger partial charge in [0.05, 0.1) is 42.2 Å². The standard InChI is InChI=1S/C34H36N4O5/c1-6-7-16-29-35-33-22(3)23(32-21(2)19-30(39)37(36-32)20-31(40)42-4)17-18-28(33)38(29)27-15-11-10-13-25(27)24-12-8-9-14-26(24)34(41)43-5/h8-15,17-18,21H,6-7,16,19-20H2,1-5H3. The normalized spacial score (nSPS) is 15.0. The second kappa shape index (κ2) is 12.6. The first-order valence-corrected chi connectivity index (χ1v) is 14.5. The van der Waals surface area contributed by atoms with Crippen LogP contribution in [-0.2, 0) is 25.5 Å². The third-order valence-electron chi connectivity index (χ3n) is 7.92. The highest BCUT2D eigenvalue weighted by atomic mass is 16.5. The molecule has 222 valence electrons. The van der Waals surface area contributed by atoms with E-state index >= 15 is 0 Å². The van der Waals surface area contributed by atoms with Gasteiger partial charge in [-0.05, 0) is 42.7 Å². The number of nitrogens with zero attached hydrogens (tertiary/aromatic N) is 4. The fourth-order valence-electron chi connectivity index (χ4n) is 5.65. The summed E-state index contributed by atoms with van der Waals surface area (Å²) in [7, 11) is 2.68. The predicted octanol–water partition coefficient (Wildman–Crippen LogP) is 5.88. The van der Waals surface area contributed by atoms with E-state index in [0.717, 1.165) is 69.8 Å². The number of aryl methyl sites for hydroxylation is 2. The van der Waals surface area contributed by atoms with Crippen molar-refractivity contribution < 1.29 is 23.9 Å². The maximum absolute atomic E-state index is 12.7. The second-order valence-corrected chi connectivity index (χ2v) is 10.7. The summed E-state index contributed by atoms with van der Waals surface area (Å²) in [5.41, 5.74) is 7.42. The molecule has 0 saturated carbocycles.